The SMILES string of the molecule is O=C(O)[C@H]1CC2(CCN1C(=O)O)CC2. The fourth-order valence-corrected chi connectivity index (χ4v) is 2.22. The van der Waals surface area contributed by atoms with E-state index in [1.54, 1.807) is 0 Å². The van der Waals surface area contributed by atoms with Crippen molar-refractivity contribution in [3.8, 4) is 0 Å². The van der Waals surface area contributed by atoms with Gasteiger partial charge in [0, 0.05) is 6.54 Å². The number of piperidine rings is 1. The highest BCUT2D eigenvalue weighted by molar-refractivity contribution is 5.79. The topological polar surface area (TPSA) is 77.8 Å². The molecule has 2 rings (SSSR count). The van der Waals surface area contributed by atoms with Gasteiger partial charge in [0.05, 0.1) is 0 Å². The fourth-order valence-electron chi connectivity index (χ4n) is 2.22. The van der Waals surface area contributed by atoms with Crippen molar-refractivity contribution in [3.63, 3.8) is 0 Å². The maximum Gasteiger partial charge on any atom is 0.408 e. The molecule has 2 N–H and O–H groups in total. The van der Waals surface area contributed by atoms with Gasteiger partial charge in [-0.05, 0) is 31.1 Å². The van der Waals surface area contributed by atoms with Crippen LogP contribution >= 0.6 is 0 Å². The summed E-state index contributed by atoms with van der Waals surface area (Å²) in [5, 5.41) is 17.7. The first-order chi connectivity index (χ1) is 6.54. The van der Waals surface area contributed by atoms with Gasteiger partial charge in [-0.2, -0.15) is 0 Å². The van der Waals surface area contributed by atoms with E-state index in [1.165, 1.54) is 0 Å². The lowest BCUT2D eigenvalue weighted by Crippen LogP contribution is -2.50. The van der Waals surface area contributed by atoms with Gasteiger partial charge in [-0.25, -0.2) is 9.59 Å². The van der Waals surface area contributed by atoms with Gasteiger partial charge in [0.25, 0.3) is 0 Å². The Morgan fingerprint density at radius 3 is 2.29 bits per heavy atom. The zero-order valence-corrected chi connectivity index (χ0v) is 7.77. The molecule has 1 spiro atoms. The van der Waals surface area contributed by atoms with Crippen molar-refractivity contribution in [1.82, 2.24) is 4.90 Å². The highest BCUT2D eigenvalue weighted by atomic mass is 16.4. The standard InChI is InChI=1S/C9H13NO4/c11-7(12)6-5-9(1-2-9)3-4-10(6)8(13)14/h6H,1-5H2,(H,11,12)(H,13,14)/t6-/m1/s1. The normalized spacial score (nSPS) is 28.9. The Kier molecular flexibility index (Phi) is 1.90. The Balaban J connectivity index is 2.12. The van der Waals surface area contributed by atoms with Crippen molar-refractivity contribution in [3.05, 3.63) is 0 Å². The molecule has 0 aromatic carbocycles. The first kappa shape index (κ1) is 9.30. The van der Waals surface area contributed by atoms with Gasteiger partial charge in [-0.15, -0.1) is 0 Å². The number of hydrogen-bond donors (Lipinski definition) is 2. The molecular weight excluding hydrogens is 186 g/mol. The number of carboxylic acids is 1. The molecule has 0 aromatic heterocycles. The smallest absolute Gasteiger partial charge is 0.408 e. The van der Waals surface area contributed by atoms with E-state index in [1.807, 2.05) is 0 Å². The molecule has 1 saturated carbocycles. The molecule has 0 radical (unpaired) electrons. The minimum atomic E-state index is -1.12. The lowest BCUT2D eigenvalue weighted by atomic mass is 9.88. The van der Waals surface area contributed by atoms with Crippen LogP contribution in [0, 0.1) is 5.41 Å². The van der Waals surface area contributed by atoms with Crippen molar-refractivity contribution in [2.45, 2.75) is 31.7 Å². The molecule has 1 aliphatic heterocycles. The van der Waals surface area contributed by atoms with E-state index in [0.717, 1.165) is 24.2 Å². The van der Waals surface area contributed by atoms with Gasteiger partial charge < -0.3 is 10.2 Å². The van der Waals surface area contributed by atoms with Gasteiger partial charge in [0.2, 0.25) is 0 Å². The van der Waals surface area contributed by atoms with Crippen LogP contribution in [0.25, 0.3) is 0 Å². The maximum absolute atomic E-state index is 10.9. The summed E-state index contributed by atoms with van der Waals surface area (Å²) in [6.45, 7) is 0.367. The lowest BCUT2D eigenvalue weighted by molar-refractivity contribution is -0.144. The predicted octanol–water partition coefficient (Wildman–Crippen LogP) is 0.994. The van der Waals surface area contributed by atoms with Crippen LogP contribution in [-0.2, 0) is 4.79 Å². The molecule has 78 valence electrons. The Morgan fingerprint density at radius 1 is 1.21 bits per heavy atom. The number of aliphatic carboxylic acids is 1. The van der Waals surface area contributed by atoms with Crippen LogP contribution in [-0.4, -0.2) is 39.8 Å². The number of nitrogens with zero attached hydrogens (tertiary/aromatic N) is 1. The van der Waals surface area contributed by atoms with Gasteiger partial charge in [-0.3, -0.25) is 4.90 Å². The third-order valence-corrected chi connectivity index (χ3v) is 3.37. The van der Waals surface area contributed by atoms with E-state index in [0.29, 0.717) is 13.0 Å². The zero-order chi connectivity index (χ0) is 10.3. The first-order valence-electron chi connectivity index (χ1n) is 4.76. The average Bonchev–Trinajstić information content (AvgIpc) is 2.84. The highest BCUT2D eigenvalue weighted by Crippen LogP contribution is 2.55. The second kappa shape index (κ2) is 2.87. The maximum atomic E-state index is 10.9. The van der Waals surface area contributed by atoms with Gasteiger partial charge in [0.15, 0.2) is 0 Å². The molecule has 1 saturated heterocycles. The van der Waals surface area contributed by atoms with Crippen molar-refractivity contribution < 1.29 is 19.8 Å². The lowest BCUT2D eigenvalue weighted by Gasteiger charge is -2.35. The van der Waals surface area contributed by atoms with Crippen LogP contribution in [0.2, 0.25) is 0 Å². The molecule has 5 heteroatoms. The Labute approximate surface area is 81.3 Å². The van der Waals surface area contributed by atoms with Gasteiger partial charge >= 0.3 is 12.1 Å². The highest BCUT2D eigenvalue weighted by Gasteiger charge is 2.51. The number of carbonyl (C=O) groups is 2. The summed E-state index contributed by atoms with van der Waals surface area (Å²) in [5.41, 5.74) is 0.162. The van der Waals surface area contributed by atoms with Gasteiger partial charge in [0.1, 0.15) is 6.04 Å². The molecule has 1 amide bonds. The molecule has 1 aliphatic carbocycles. The van der Waals surface area contributed by atoms with Crippen LogP contribution in [0.5, 0.6) is 0 Å². The summed E-state index contributed by atoms with van der Waals surface area (Å²) in [6, 6.07) is -0.830. The monoisotopic (exact) mass is 199 g/mol. The quantitative estimate of drug-likeness (QED) is 0.660. The minimum Gasteiger partial charge on any atom is -0.480 e. The van der Waals surface area contributed by atoms with Gasteiger partial charge in [-0.1, -0.05) is 0 Å². The Hall–Kier alpha value is -1.26. The average molecular weight is 199 g/mol. The predicted molar refractivity (Wildman–Crippen MR) is 47.1 cm³/mol. The van der Waals surface area contributed by atoms with Crippen molar-refractivity contribution in [2.24, 2.45) is 5.41 Å². The summed E-state index contributed by atoms with van der Waals surface area (Å²) in [4.78, 5) is 22.7. The van der Waals surface area contributed by atoms with Crippen molar-refractivity contribution >= 4 is 12.1 Å². The number of rotatable bonds is 1. The molecule has 0 aromatic rings. The van der Waals surface area contributed by atoms with E-state index in [2.05, 4.69) is 0 Å². The van der Waals surface area contributed by atoms with Crippen LogP contribution in [0.15, 0.2) is 0 Å². The number of hydrogen-bond acceptors (Lipinski definition) is 2. The molecular formula is C9H13NO4. The summed E-state index contributed by atoms with van der Waals surface area (Å²) >= 11 is 0. The van der Waals surface area contributed by atoms with E-state index in [-0.39, 0.29) is 5.41 Å². The Morgan fingerprint density at radius 2 is 1.86 bits per heavy atom. The molecule has 14 heavy (non-hydrogen) atoms. The number of carboxylic acid groups (broad SMARTS) is 2. The summed E-state index contributed by atoms with van der Waals surface area (Å²) in [6.07, 6.45) is 2.32. The van der Waals surface area contributed by atoms with Crippen LogP contribution in [0.4, 0.5) is 4.79 Å². The third-order valence-electron chi connectivity index (χ3n) is 3.37. The van der Waals surface area contributed by atoms with E-state index >= 15 is 0 Å². The van der Waals surface area contributed by atoms with Crippen LogP contribution < -0.4 is 0 Å². The van der Waals surface area contributed by atoms with Crippen LogP contribution in [0.3, 0.4) is 0 Å². The summed E-state index contributed by atoms with van der Waals surface area (Å²) in [7, 11) is 0. The van der Waals surface area contributed by atoms with Crippen molar-refractivity contribution in [1.29, 1.82) is 0 Å². The second-order valence-electron chi connectivity index (χ2n) is 4.28. The largest absolute Gasteiger partial charge is 0.480 e. The molecule has 0 unspecified atom stereocenters. The zero-order valence-electron chi connectivity index (χ0n) is 7.77. The van der Waals surface area contributed by atoms with E-state index in [4.69, 9.17) is 10.2 Å². The van der Waals surface area contributed by atoms with Crippen LogP contribution in [0.1, 0.15) is 25.7 Å². The molecule has 2 aliphatic rings. The number of likely N-dealkylation sites (tertiary alicyclic amines) is 1. The summed E-state index contributed by atoms with van der Waals surface area (Å²) in [5.74, 6) is -1.02. The molecule has 2 fully saturated rings. The molecule has 0 bridgehead atoms. The molecule has 5 nitrogen and oxygen atoms in total. The van der Waals surface area contributed by atoms with Crippen molar-refractivity contribution in [2.75, 3.05) is 6.54 Å². The third kappa shape index (κ3) is 1.42. The van der Waals surface area contributed by atoms with E-state index < -0.39 is 18.1 Å². The fraction of sp³-hybridized carbons (Fsp3) is 0.778. The Bertz CT molecular complexity index is 285. The number of amides is 1. The molecule has 1 atom stereocenters. The molecule has 1 heterocycles. The second-order valence-corrected chi connectivity index (χ2v) is 4.28. The first-order valence-corrected chi connectivity index (χ1v) is 4.76. The minimum absolute atomic E-state index is 0.162. The summed E-state index contributed by atoms with van der Waals surface area (Å²) < 4.78 is 0. The van der Waals surface area contributed by atoms with E-state index in [9.17, 15) is 9.59 Å².